The Morgan fingerprint density at radius 1 is 1.18 bits per heavy atom. The van der Waals surface area contributed by atoms with Gasteiger partial charge in [-0.1, -0.05) is 6.07 Å². The van der Waals surface area contributed by atoms with E-state index in [0.717, 1.165) is 23.7 Å². The van der Waals surface area contributed by atoms with Crippen LogP contribution in [0.2, 0.25) is 0 Å². The van der Waals surface area contributed by atoms with Crippen LogP contribution in [0.3, 0.4) is 0 Å². The zero-order chi connectivity index (χ0) is 12.1. The fourth-order valence-corrected chi connectivity index (χ4v) is 1.57. The Kier molecular flexibility index (Phi) is 3.55. The number of aromatic nitrogens is 2. The quantitative estimate of drug-likeness (QED) is 0.844. The van der Waals surface area contributed by atoms with Gasteiger partial charge >= 0.3 is 0 Å². The number of aryl methyl sites for hydroxylation is 1. The number of nitrogens with one attached hydrogen (secondary N) is 2. The van der Waals surface area contributed by atoms with Crippen LogP contribution in [0.1, 0.15) is 11.3 Å². The lowest BCUT2D eigenvalue weighted by molar-refractivity contribution is 1.02. The standard InChI is InChI=1S/C13H16N4/c1-10-4-3-6-15-12(10)9-17-11-5-7-16-13(8-11)14-2/h3-8H,9H2,1-2H3,(H2,14,16,17). The Hall–Kier alpha value is -2.10. The maximum atomic E-state index is 4.34. The molecule has 0 aliphatic carbocycles. The Balaban J connectivity index is 2.05. The van der Waals surface area contributed by atoms with Crippen molar-refractivity contribution in [3.63, 3.8) is 0 Å². The fourth-order valence-electron chi connectivity index (χ4n) is 1.57. The van der Waals surface area contributed by atoms with Crippen LogP contribution in [0, 0.1) is 6.92 Å². The minimum Gasteiger partial charge on any atom is -0.379 e. The number of anilines is 2. The molecule has 0 saturated carbocycles. The van der Waals surface area contributed by atoms with Gasteiger partial charge in [-0.25, -0.2) is 4.98 Å². The van der Waals surface area contributed by atoms with E-state index in [9.17, 15) is 0 Å². The van der Waals surface area contributed by atoms with Crippen LogP contribution in [0.15, 0.2) is 36.7 Å². The first-order chi connectivity index (χ1) is 8.29. The molecule has 0 aromatic carbocycles. The van der Waals surface area contributed by atoms with Crippen LogP contribution < -0.4 is 10.6 Å². The van der Waals surface area contributed by atoms with Crippen LogP contribution in [-0.2, 0) is 6.54 Å². The van der Waals surface area contributed by atoms with E-state index in [1.54, 1.807) is 6.20 Å². The lowest BCUT2D eigenvalue weighted by atomic mass is 10.2. The van der Waals surface area contributed by atoms with Gasteiger partial charge in [0.1, 0.15) is 5.82 Å². The summed E-state index contributed by atoms with van der Waals surface area (Å²) in [5.41, 5.74) is 3.30. The second-order valence-electron chi connectivity index (χ2n) is 3.80. The molecular formula is C13H16N4. The Morgan fingerprint density at radius 3 is 2.82 bits per heavy atom. The summed E-state index contributed by atoms with van der Waals surface area (Å²) in [5, 5.41) is 6.34. The third kappa shape index (κ3) is 2.93. The van der Waals surface area contributed by atoms with Crippen LogP contribution in [0.25, 0.3) is 0 Å². The van der Waals surface area contributed by atoms with Crippen molar-refractivity contribution >= 4 is 11.5 Å². The van der Waals surface area contributed by atoms with Crippen molar-refractivity contribution in [2.75, 3.05) is 17.7 Å². The Bertz CT molecular complexity index is 496. The molecule has 0 spiro atoms. The van der Waals surface area contributed by atoms with E-state index in [2.05, 4.69) is 33.6 Å². The highest BCUT2D eigenvalue weighted by molar-refractivity contribution is 5.51. The molecule has 0 aliphatic rings. The van der Waals surface area contributed by atoms with Crippen LogP contribution >= 0.6 is 0 Å². The monoisotopic (exact) mass is 228 g/mol. The van der Waals surface area contributed by atoms with Gasteiger partial charge in [0, 0.05) is 31.2 Å². The van der Waals surface area contributed by atoms with Crippen molar-refractivity contribution < 1.29 is 0 Å². The fraction of sp³-hybridized carbons (Fsp3) is 0.231. The minimum absolute atomic E-state index is 0.722. The van der Waals surface area contributed by atoms with E-state index in [4.69, 9.17) is 0 Å². The van der Waals surface area contributed by atoms with E-state index < -0.39 is 0 Å². The van der Waals surface area contributed by atoms with Crippen molar-refractivity contribution in [1.82, 2.24) is 9.97 Å². The molecule has 4 nitrogen and oxygen atoms in total. The Morgan fingerprint density at radius 2 is 2.06 bits per heavy atom. The second kappa shape index (κ2) is 5.30. The normalized spacial score (nSPS) is 10.0. The second-order valence-corrected chi connectivity index (χ2v) is 3.80. The van der Waals surface area contributed by atoms with Crippen molar-refractivity contribution in [1.29, 1.82) is 0 Å². The summed E-state index contributed by atoms with van der Waals surface area (Å²) in [5.74, 6) is 0.854. The number of hydrogen-bond donors (Lipinski definition) is 2. The van der Waals surface area contributed by atoms with E-state index in [1.165, 1.54) is 5.56 Å². The molecule has 0 unspecified atom stereocenters. The van der Waals surface area contributed by atoms with Gasteiger partial charge in [-0.3, -0.25) is 4.98 Å². The molecule has 0 aliphatic heterocycles. The zero-order valence-corrected chi connectivity index (χ0v) is 10.1. The molecule has 2 heterocycles. The third-order valence-corrected chi connectivity index (χ3v) is 2.59. The highest BCUT2D eigenvalue weighted by Gasteiger charge is 1.99. The zero-order valence-electron chi connectivity index (χ0n) is 10.1. The Labute approximate surface area is 101 Å². The van der Waals surface area contributed by atoms with Gasteiger partial charge in [0.05, 0.1) is 12.2 Å². The number of hydrogen-bond acceptors (Lipinski definition) is 4. The number of pyridine rings is 2. The summed E-state index contributed by atoms with van der Waals surface area (Å²) < 4.78 is 0. The maximum Gasteiger partial charge on any atom is 0.127 e. The highest BCUT2D eigenvalue weighted by atomic mass is 15.0. The minimum atomic E-state index is 0.722. The first-order valence-electron chi connectivity index (χ1n) is 5.58. The predicted molar refractivity (Wildman–Crippen MR) is 70.1 cm³/mol. The van der Waals surface area contributed by atoms with Gasteiger partial charge < -0.3 is 10.6 Å². The summed E-state index contributed by atoms with van der Waals surface area (Å²) >= 11 is 0. The average molecular weight is 228 g/mol. The van der Waals surface area contributed by atoms with Gasteiger partial charge in [0.2, 0.25) is 0 Å². The summed E-state index contributed by atoms with van der Waals surface area (Å²) in [7, 11) is 1.86. The van der Waals surface area contributed by atoms with Crippen LogP contribution in [-0.4, -0.2) is 17.0 Å². The molecule has 2 aromatic rings. The van der Waals surface area contributed by atoms with Crippen molar-refractivity contribution in [2.24, 2.45) is 0 Å². The maximum absolute atomic E-state index is 4.34. The molecule has 0 atom stereocenters. The first kappa shape index (κ1) is 11.4. The molecule has 2 rings (SSSR count). The van der Waals surface area contributed by atoms with E-state index in [1.807, 2.05) is 31.4 Å². The molecule has 0 radical (unpaired) electrons. The van der Waals surface area contributed by atoms with E-state index in [0.29, 0.717) is 0 Å². The number of rotatable bonds is 4. The molecular weight excluding hydrogens is 212 g/mol. The van der Waals surface area contributed by atoms with Gasteiger partial charge in [0.15, 0.2) is 0 Å². The molecule has 0 bridgehead atoms. The first-order valence-corrected chi connectivity index (χ1v) is 5.58. The molecule has 2 N–H and O–H groups in total. The molecule has 4 heteroatoms. The smallest absolute Gasteiger partial charge is 0.127 e. The van der Waals surface area contributed by atoms with Crippen LogP contribution in [0.4, 0.5) is 11.5 Å². The lowest BCUT2D eigenvalue weighted by Gasteiger charge is -2.08. The molecule has 88 valence electrons. The number of nitrogens with zero attached hydrogens (tertiary/aromatic N) is 2. The largest absolute Gasteiger partial charge is 0.379 e. The SMILES string of the molecule is CNc1cc(NCc2ncccc2C)ccn1. The molecule has 0 amide bonds. The molecule has 0 fully saturated rings. The molecule has 2 aromatic heterocycles. The van der Waals surface area contributed by atoms with Gasteiger partial charge in [-0.05, 0) is 24.6 Å². The topological polar surface area (TPSA) is 49.8 Å². The highest BCUT2D eigenvalue weighted by Crippen LogP contribution is 2.13. The van der Waals surface area contributed by atoms with Crippen molar-refractivity contribution in [3.8, 4) is 0 Å². The average Bonchev–Trinajstić information content (AvgIpc) is 2.38. The van der Waals surface area contributed by atoms with E-state index in [-0.39, 0.29) is 0 Å². The van der Waals surface area contributed by atoms with Gasteiger partial charge in [0.25, 0.3) is 0 Å². The van der Waals surface area contributed by atoms with Gasteiger partial charge in [-0.2, -0.15) is 0 Å². The molecule has 0 saturated heterocycles. The summed E-state index contributed by atoms with van der Waals surface area (Å²) in [4.78, 5) is 8.51. The molecule has 17 heavy (non-hydrogen) atoms. The lowest BCUT2D eigenvalue weighted by Crippen LogP contribution is -2.04. The van der Waals surface area contributed by atoms with Crippen molar-refractivity contribution in [3.05, 3.63) is 47.9 Å². The van der Waals surface area contributed by atoms with Crippen LogP contribution in [0.5, 0.6) is 0 Å². The van der Waals surface area contributed by atoms with E-state index >= 15 is 0 Å². The summed E-state index contributed by atoms with van der Waals surface area (Å²) in [6.45, 7) is 2.79. The predicted octanol–water partition coefficient (Wildman–Crippen LogP) is 2.44. The third-order valence-electron chi connectivity index (χ3n) is 2.59. The summed E-state index contributed by atoms with van der Waals surface area (Å²) in [6, 6.07) is 7.93. The summed E-state index contributed by atoms with van der Waals surface area (Å²) in [6.07, 6.45) is 3.59. The van der Waals surface area contributed by atoms with Crippen molar-refractivity contribution in [2.45, 2.75) is 13.5 Å². The van der Waals surface area contributed by atoms with Gasteiger partial charge in [-0.15, -0.1) is 0 Å².